The highest BCUT2D eigenvalue weighted by Crippen LogP contribution is 2.23. The number of hydrogen-bond donors (Lipinski definition) is 2. The van der Waals surface area contributed by atoms with Crippen molar-refractivity contribution in [2.45, 2.75) is 6.42 Å². The van der Waals surface area contributed by atoms with Crippen LogP contribution in [-0.2, 0) is 11.2 Å². The second-order valence-corrected chi connectivity index (χ2v) is 4.35. The van der Waals surface area contributed by atoms with Crippen molar-refractivity contribution in [3.8, 4) is 11.5 Å². The Balaban J connectivity index is 0.00000441. The lowest BCUT2D eigenvalue weighted by molar-refractivity contribution is 0.203. The lowest BCUT2D eigenvalue weighted by atomic mass is 10.1. The Labute approximate surface area is 149 Å². The van der Waals surface area contributed by atoms with E-state index in [0.717, 1.165) is 42.5 Å². The molecule has 22 heavy (non-hydrogen) atoms. The first-order valence-corrected chi connectivity index (χ1v) is 6.89. The predicted molar refractivity (Wildman–Crippen MR) is 99.9 cm³/mol. The third-order valence-corrected chi connectivity index (χ3v) is 3.00. The first-order valence-electron chi connectivity index (χ1n) is 6.89. The van der Waals surface area contributed by atoms with Crippen LogP contribution in [-0.4, -0.2) is 54.0 Å². The van der Waals surface area contributed by atoms with Gasteiger partial charge in [0.1, 0.15) is 11.5 Å². The molecule has 1 aromatic carbocycles. The van der Waals surface area contributed by atoms with Gasteiger partial charge >= 0.3 is 0 Å². The number of ether oxygens (including phenoxy) is 3. The van der Waals surface area contributed by atoms with Crippen LogP contribution in [0.15, 0.2) is 23.2 Å². The minimum absolute atomic E-state index is 0. The average Bonchev–Trinajstić information content (AvgIpc) is 2.53. The maximum Gasteiger partial charge on any atom is 0.191 e. The van der Waals surface area contributed by atoms with Crippen LogP contribution in [0.2, 0.25) is 0 Å². The van der Waals surface area contributed by atoms with Gasteiger partial charge in [0, 0.05) is 27.2 Å². The normalized spacial score (nSPS) is 10.6. The number of guanidine groups is 1. The first kappa shape index (κ1) is 20.8. The standard InChI is InChI=1S/C15H25N3O3.HI/c1-16-15(18-9-10-19-2)17-8-7-12-11-13(20-3)5-6-14(12)21-4;/h5-6,11H,7-10H2,1-4H3,(H2,16,17,18);1H. The monoisotopic (exact) mass is 423 g/mol. The van der Waals surface area contributed by atoms with Crippen molar-refractivity contribution in [3.63, 3.8) is 0 Å². The molecule has 0 bridgehead atoms. The molecule has 0 unspecified atom stereocenters. The SMILES string of the molecule is CN=C(NCCOC)NCCc1cc(OC)ccc1OC.I. The second kappa shape index (κ2) is 12.3. The number of nitrogens with zero attached hydrogens (tertiary/aromatic N) is 1. The molecule has 2 N–H and O–H groups in total. The minimum atomic E-state index is 0. The van der Waals surface area contributed by atoms with Crippen LogP contribution in [0.3, 0.4) is 0 Å². The highest BCUT2D eigenvalue weighted by atomic mass is 127. The van der Waals surface area contributed by atoms with E-state index in [0.29, 0.717) is 6.61 Å². The smallest absolute Gasteiger partial charge is 0.191 e. The summed E-state index contributed by atoms with van der Waals surface area (Å²) in [6, 6.07) is 5.79. The average molecular weight is 423 g/mol. The molecule has 0 aliphatic heterocycles. The lowest BCUT2D eigenvalue weighted by Gasteiger charge is -2.13. The Bertz CT molecular complexity index is 456. The van der Waals surface area contributed by atoms with Gasteiger partial charge < -0.3 is 24.8 Å². The van der Waals surface area contributed by atoms with E-state index in [1.54, 1.807) is 28.4 Å². The van der Waals surface area contributed by atoms with Gasteiger partial charge in [-0.2, -0.15) is 0 Å². The number of rotatable bonds is 8. The molecule has 126 valence electrons. The van der Waals surface area contributed by atoms with Crippen LogP contribution < -0.4 is 20.1 Å². The number of benzene rings is 1. The zero-order chi connectivity index (χ0) is 15.5. The summed E-state index contributed by atoms with van der Waals surface area (Å²) in [7, 11) is 6.75. The molecule has 0 fully saturated rings. The molecule has 0 heterocycles. The number of halogens is 1. The van der Waals surface area contributed by atoms with Crippen LogP contribution in [0.4, 0.5) is 0 Å². The molecule has 0 saturated heterocycles. The lowest BCUT2D eigenvalue weighted by Crippen LogP contribution is -2.39. The van der Waals surface area contributed by atoms with E-state index in [-0.39, 0.29) is 24.0 Å². The van der Waals surface area contributed by atoms with Crippen LogP contribution in [0.1, 0.15) is 5.56 Å². The zero-order valence-electron chi connectivity index (χ0n) is 13.6. The molecule has 0 atom stereocenters. The summed E-state index contributed by atoms with van der Waals surface area (Å²) in [6.07, 6.45) is 0.811. The molecule has 7 heteroatoms. The van der Waals surface area contributed by atoms with Crippen molar-refractivity contribution in [1.29, 1.82) is 0 Å². The van der Waals surface area contributed by atoms with Crippen molar-refractivity contribution < 1.29 is 14.2 Å². The van der Waals surface area contributed by atoms with Gasteiger partial charge in [0.15, 0.2) is 5.96 Å². The number of methoxy groups -OCH3 is 3. The zero-order valence-corrected chi connectivity index (χ0v) is 16.0. The molecule has 0 aliphatic rings. The van der Waals surface area contributed by atoms with Gasteiger partial charge in [0.2, 0.25) is 0 Å². The molecule has 0 amide bonds. The molecule has 0 saturated carbocycles. The molecule has 0 spiro atoms. The Kier molecular flexibility index (Phi) is 11.7. The number of hydrogen-bond acceptors (Lipinski definition) is 4. The van der Waals surface area contributed by atoms with Gasteiger partial charge in [-0.05, 0) is 30.2 Å². The van der Waals surface area contributed by atoms with E-state index in [1.165, 1.54) is 0 Å². The largest absolute Gasteiger partial charge is 0.497 e. The summed E-state index contributed by atoms with van der Waals surface area (Å²) in [5, 5.41) is 6.42. The van der Waals surface area contributed by atoms with Crippen LogP contribution in [0.25, 0.3) is 0 Å². The van der Waals surface area contributed by atoms with E-state index in [1.807, 2.05) is 18.2 Å². The summed E-state index contributed by atoms with van der Waals surface area (Å²) in [6.45, 7) is 2.11. The summed E-state index contributed by atoms with van der Waals surface area (Å²) in [5.74, 6) is 2.45. The van der Waals surface area contributed by atoms with Crippen molar-refractivity contribution in [1.82, 2.24) is 10.6 Å². The fourth-order valence-electron chi connectivity index (χ4n) is 1.88. The van der Waals surface area contributed by atoms with Crippen molar-refractivity contribution in [2.24, 2.45) is 4.99 Å². The Morgan fingerprint density at radius 1 is 1.09 bits per heavy atom. The van der Waals surface area contributed by atoms with Gasteiger partial charge in [-0.15, -0.1) is 24.0 Å². The predicted octanol–water partition coefficient (Wildman–Crippen LogP) is 1.68. The fraction of sp³-hybridized carbons (Fsp3) is 0.533. The Morgan fingerprint density at radius 3 is 2.41 bits per heavy atom. The third kappa shape index (κ3) is 7.17. The quantitative estimate of drug-likeness (QED) is 0.288. The van der Waals surface area contributed by atoms with Gasteiger partial charge in [-0.3, -0.25) is 4.99 Å². The maximum absolute atomic E-state index is 5.36. The highest BCUT2D eigenvalue weighted by molar-refractivity contribution is 14.0. The van der Waals surface area contributed by atoms with E-state index >= 15 is 0 Å². The fourth-order valence-corrected chi connectivity index (χ4v) is 1.88. The third-order valence-electron chi connectivity index (χ3n) is 3.00. The minimum Gasteiger partial charge on any atom is -0.497 e. The molecule has 1 rings (SSSR count). The maximum atomic E-state index is 5.36. The van der Waals surface area contributed by atoms with Crippen molar-refractivity contribution >= 4 is 29.9 Å². The van der Waals surface area contributed by atoms with Crippen LogP contribution >= 0.6 is 24.0 Å². The Hall–Kier alpha value is -1.22. The topological polar surface area (TPSA) is 64.1 Å². The molecule has 0 aromatic heterocycles. The number of aliphatic imine (C=N–C) groups is 1. The van der Waals surface area contributed by atoms with Crippen molar-refractivity contribution in [2.75, 3.05) is 48.1 Å². The van der Waals surface area contributed by atoms with Gasteiger partial charge in [0.05, 0.1) is 20.8 Å². The first-order chi connectivity index (χ1) is 10.2. The molecule has 0 radical (unpaired) electrons. The molecular weight excluding hydrogens is 397 g/mol. The summed E-state index contributed by atoms with van der Waals surface area (Å²) < 4.78 is 15.6. The van der Waals surface area contributed by atoms with Gasteiger partial charge in [-0.1, -0.05) is 0 Å². The summed E-state index contributed by atoms with van der Waals surface area (Å²) >= 11 is 0. The summed E-state index contributed by atoms with van der Waals surface area (Å²) in [4.78, 5) is 4.15. The highest BCUT2D eigenvalue weighted by Gasteiger charge is 2.05. The van der Waals surface area contributed by atoms with E-state index in [9.17, 15) is 0 Å². The Morgan fingerprint density at radius 2 is 1.82 bits per heavy atom. The summed E-state index contributed by atoms with van der Waals surface area (Å²) in [5.41, 5.74) is 1.09. The second-order valence-electron chi connectivity index (χ2n) is 4.35. The van der Waals surface area contributed by atoms with Crippen molar-refractivity contribution in [3.05, 3.63) is 23.8 Å². The van der Waals surface area contributed by atoms with Crippen LogP contribution in [0, 0.1) is 0 Å². The molecule has 1 aromatic rings. The van der Waals surface area contributed by atoms with Gasteiger partial charge in [0.25, 0.3) is 0 Å². The van der Waals surface area contributed by atoms with Gasteiger partial charge in [-0.25, -0.2) is 0 Å². The van der Waals surface area contributed by atoms with E-state index in [4.69, 9.17) is 14.2 Å². The van der Waals surface area contributed by atoms with Crippen LogP contribution in [0.5, 0.6) is 11.5 Å². The molecule has 6 nitrogen and oxygen atoms in total. The molecule has 0 aliphatic carbocycles. The van der Waals surface area contributed by atoms with E-state index < -0.39 is 0 Å². The molecular formula is C15H26IN3O3. The number of nitrogens with one attached hydrogen (secondary N) is 2. The van der Waals surface area contributed by atoms with E-state index in [2.05, 4.69) is 15.6 Å².